The lowest BCUT2D eigenvalue weighted by Crippen LogP contribution is -2.26. The number of aliphatic hydroxyl groups excluding tert-OH is 1. The molecule has 0 aromatic heterocycles. The van der Waals surface area contributed by atoms with Gasteiger partial charge in [-0.15, -0.1) is 0 Å². The first-order valence-corrected chi connectivity index (χ1v) is 7.71. The number of anilines is 2. The van der Waals surface area contributed by atoms with Crippen LogP contribution in [-0.2, 0) is 0 Å². The van der Waals surface area contributed by atoms with E-state index in [0.717, 1.165) is 16.9 Å². The standard InChI is InChI=1S/C16H17IN2O2/c1-11-10-12(17)6-7-14(11)19-15-5-3-2-4-13(15)16(21)18-8-9-20/h2-7,10,19-20H,8-9H2,1H3,(H,18,21). The van der Waals surface area contributed by atoms with E-state index in [-0.39, 0.29) is 19.1 Å². The Morgan fingerprint density at radius 3 is 2.67 bits per heavy atom. The van der Waals surface area contributed by atoms with Crippen LogP contribution in [0.1, 0.15) is 15.9 Å². The van der Waals surface area contributed by atoms with Gasteiger partial charge in [-0.1, -0.05) is 12.1 Å². The van der Waals surface area contributed by atoms with E-state index in [2.05, 4.69) is 39.3 Å². The second-order valence-electron chi connectivity index (χ2n) is 4.61. The van der Waals surface area contributed by atoms with Crippen LogP contribution in [0.25, 0.3) is 0 Å². The van der Waals surface area contributed by atoms with E-state index in [4.69, 9.17) is 5.11 Å². The van der Waals surface area contributed by atoms with Gasteiger partial charge >= 0.3 is 0 Å². The molecule has 0 spiro atoms. The Kier molecular flexibility index (Phi) is 5.58. The van der Waals surface area contributed by atoms with Gasteiger partial charge in [0.2, 0.25) is 0 Å². The zero-order valence-electron chi connectivity index (χ0n) is 11.7. The third-order valence-electron chi connectivity index (χ3n) is 3.03. The van der Waals surface area contributed by atoms with Gasteiger partial charge in [-0.05, 0) is 65.4 Å². The summed E-state index contributed by atoms with van der Waals surface area (Å²) >= 11 is 2.27. The monoisotopic (exact) mass is 396 g/mol. The zero-order valence-corrected chi connectivity index (χ0v) is 13.8. The number of aryl methyl sites for hydroxylation is 1. The highest BCUT2D eigenvalue weighted by Gasteiger charge is 2.11. The van der Waals surface area contributed by atoms with Gasteiger partial charge in [0.15, 0.2) is 0 Å². The highest BCUT2D eigenvalue weighted by atomic mass is 127. The van der Waals surface area contributed by atoms with Crippen molar-refractivity contribution in [3.8, 4) is 0 Å². The molecule has 1 amide bonds. The average molecular weight is 396 g/mol. The molecule has 0 aliphatic heterocycles. The first-order valence-electron chi connectivity index (χ1n) is 6.63. The van der Waals surface area contributed by atoms with Crippen LogP contribution in [-0.4, -0.2) is 24.2 Å². The quantitative estimate of drug-likeness (QED) is 0.681. The largest absolute Gasteiger partial charge is 0.395 e. The minimum absolute atomic E-state index is 0.0719. The first kappa shape index (κ1) is 15.8. The number of carbonyl (C=O) groups excluding carboxylic acids is 1. The minimum Gasteiger partial charge on any atom is -0.395 e. The minimum atomic E-state index is -0.199. The number of nitrogens with one attached hydrogen (secondary N) is 2. The van der Waals surface area contributed by atoms with Crippen molar-refractivity contribution in [2.45, 2.75) is 6.92 Å². The highest BCUT2D eigenvalue weighted by Crippen LogP contribution is 2.24. The number of halogens is 1. The lowest BCUT2D eigenvalue weighted by molar-refractivity contribution is 0.0945. The molecule has 0 fully saturated rings. The van der Waals surface area contributed by atoms with Crippen molar-refractivity contribution in [1.29, 1.82) is 0 Å². The molecule has 0 radical (unpaired) electrons. The molecular formula is C16H17IN2O2. The SMILES string of the molecule is Cc1cc(I)ccc1Nc1ccccc1C(=O)NCCO. The maximum absolute atomic E-state index is 12.1. The molecule has 0 saturated carbocycles. The predicted octanol–water partition coefficient (Wildman–Crippen LogP) is 3.07. The molecule has 0 heterocycles. The van der Waals surface area contributed by atoms with E-state index >= 15 is 0 Å². The molecule has 0 atom stereocenters. The molecule has 0 aliphatic carbocycles. The molecule has 5 heteroatoms. The number of carbonyl (C=O) groups is 1. The van der Waals surface area contributed by atoms with Gasteiger partial charge in [-0.25, -0.2) is 0 Å². The average Bonchev–Trinajstić information content (AvgIpc) is 2.48. The van der Waals surface area contributed by atoms with Crippen LogP contribution in [0.4, 0.5) is 11.4 Å². The Balaban J connectivity index is 2.26. The van der Waals surface area contributed by atoms with E-state index in [1.165, 1.54) is 3.57 Å². The highest BCUT2D eigenvalue weighted by molar-refractivity contribution is 14.1. The fraction of sp³-hybridized carbons (Fsp3) is 0.188. The molecular weight excluding hydrogens is 379 g/mol. The first-order chi connectivity index (χ1) is 10.1. The van der Waals surface area contributed by atoms with Crippen molar-refractivity contribution in [2.75, 3.05) is 18.5 Å². The molecule has 3 N–H and O–H groups in total. The summed E-state index contributed by atoms with van der Waals surface area (Å²) in [4.78, 5) is 12.1. The Morgan fingerprint density at radius 2 is 1.95 bits per heavy atom. The molecule has 110 valence electrons. The molecule has 0 aliphatic rings. The van der Waals surface area contributed by atoms with E-state index in [9.17, 15) is 4.79 Å². The van der Waals surface area contributed by atoms with Crippen LogP contribution in [0.15, 0.2) is 42.5 Å². The van der Waals surface area contributed by atoms with Gasteiger partial charge in [-0.3, -0.25) is 4.79 Å². The summed E-state index contributed by atoms with van der Waals surface area (Å²) in [6.45, 7) is 2.20. The summed E-state index contributed by atoms with van der Waals surface area (Å²) in [5.74, 6) is -0.199. The summed E-state index contributed by atoms with van der Waals surface area (Å²) < 4.78 is 1.17. The van der Waals surface area contributed by atoms with E-state index < -0.39 is 0 Å². The summed E-state index contributed by atoms with van der Waals surface area (Å²) in [5, 5.41) is 14.8. The van der Waals surface area contributed by atoms with Gasteiger partial charge in [0.25, 0.3) is 5.91 Å². The Bertz CT molecular complexity index is 644. The zero-order chi connectivity index (χ0) is 15.2. The maximum atomic E-state index is 12.1. The smallest absolute Gasteiger partial charge is 0.253 e. The van der Waals surface area contributed by atoms with Crippen molar-refractivity contribution in [2.24, 2.45) is 0 Å². The van der Waals surface area contributed by atoms with Crippen molar-refractivity contribution in [1.82, 2.24) is 5.32 Å². The van der Waals surface area contributed by atoms with Crippen LogP contribution in [0.3, 0.4) is 0 Å². The third kappa shape index (κ3) is 4.18. The molecule has 21 heavy (non-hydrogen) atoms. The van der Waals surface area contributed by atoms with Crippen molar-refractivity contribution >= 4 is 39.9 Å². The third-order valence-corrected chi connectivity index (χ3v) is 3.70. The second kappa shape index (κ2) is 7.42. The fourth-order valence-corrected chi connectivity index (χ4v) is 2.61. The lowest BCUT2D eigenvalue weighted by atomic mass is 10.1. The topological polar surface area (TPSA) is 61.4 Å². The van der Waals surface area contributed by atoms with Gasteiger partial charge < -0.3 is 15.7 Å². The van der Waals surface area contributed by atoms with Crippen molar-refractivity contribution in [3.05, 3.63) is 57.2 Å². The lowest BCUT2D eigenvalue weighted by Gasteiger charge is -2.14. The van der Waals surface area contributed by atoms with Gasteiger partial charge in [0.05, 0.1) is 17.9 Å². The molecule has 0 saturated heterocycles. The molecule has 2 rings (SSSR count). The normalized spacial score (nSPS) is 10.2. The van der Waals surface area contributed by atoms with Gasteiger partial charge in [-0.2, -0.15) is 0 Å². The number of amides is 1. The van der Waals surface area contributed by atoms with E-state index in [1.54, 1.807) is 6.07 Å². The number of benzene rings is 2. The van der Waals surface area contributed by atoms with Crippen molar-refractivity contribution < 1.29 is 9.90 Å². The number of hydrogen-bond acceptors (Lipinski definition) is 3. The summed E-state index contributed by atoms with van der Waals surface area (Å²) in [6, 6.07) is 13.4. The maximum Gasteiger partial charge on any atom is 0.253 e. The second-order valence-corrected chi connectivity index (χ2v) is 5.85. The molecule has 2 aromatic rings. The predicted molar refractivity (Wildman–Crippen MR) is 93.0 cm³/mol. The summed E-state index contributed by atoms with van der Waals surface area (Å²) in [6.07, 6.45) is 0. The van der Waals surface area contributed by atoms with Crippen LogP contribution in [0.2, 0.25) is 0 Å². The van der Waals surface area contributed by atoms with Crippen LogP contribution < -0.4 is 10.6 Å². The summed E-state index contributed by atoms with van der Waals surface area (Å²) in [7, 11) is 0. The van der Waals surface area contributed by atoms with Crippen LogP contribution in [0.5, 0.6) is 0 Å². The van der Waals surface area contributed by atoms with Crippen molar-refractivity contribution in [3.63, 3.8) is 0 Å². The molecule has 0 unspecified atom stereocenters. The van der Waals surface area contributed by atoms with Crippen LogP contribution in [0, 0.1) is 10.5 Å². The fourth-order valence-electron chi connectivity index (χ4n) is 1.97. The number of para-hydroxylation sites is 1. The molecule has 4 nitrogen and oxygen atoms in total. The van der Waals surface area contributed by atoms with Crippen LogP contribution >= 0.6 is 22.6 Å². The summed E-state index contributed by atoms with van der Waals surface area (Å²) in [5.41, 5.74) is 3.39. The van der Waals surface area contributed by atoms with Gasteiger partial charge in [0.1, 0.15) is 0 Å². The number of rotatable bonds is 5. The Labute approximate surface area is 137 Å². The van der Waals surface area contributed by atoms with Gasteiger partial charge in [0, 0.05) is 15.8 Å². The molecule has 0 bridgehead atoms. The van der Waals surface area contributed by atoms with E-state index in [0.29, 0.717) is 5.56 Å². The molecule has 2 aromatic carbocycles. The Morgan fingerprint density at radius 1 is 1.19 bits per heavy atom. The number of aliphatic hydroxyl groups is 1. The Hall–Kier alpha value is -1.60. The van der Waals surface area contributed by atoms with E-state index in [1.807, 2.05) is 37.3 Å². The number of hydrogen-bond donors (Lipinski definition) is 3.